The number of benzene rings is 1. The summed E-state index contributed by atoms with van der Waals surface area (Å²) in [5, 5.41) is 12.9. The third kappa shape index (κ3) is 4.30. The number of carbonyl (C=O) groups is 1. The van der Waals surface area contributed by atoms with Crippen LogP contribution in [-0.2, 0) is 9.53 Å². The molecule has 1 aromatic carbocycles. The summed E-state index contributed by atoms with van der Waals surface area (Å²) in [5.74, 6) is 0.110. The van der Waals surface area contributed by atoms with E-state index >= 15 is 0 Å². The third-order valence-corrected chi connectivity index (χ3v) is 4.16. The molecule has 1 heterocycles. The van der Waals surface area contributed by atoms with Gasteiger partial charge in [-0.25, -0.2) is 0 Å². The fourth-order valence-electron chi connectivity index (χ4n) is 2.26. The van der Waals surface area contributed by atoms with Gasteiger partial charge in [0.05, 0.1) is 6.61 Å². The Morgan fingerprint density at radius 3 is 2.80 bits per heavy atom. The summed E-state index contributed by atoms with van der Waals surface area (Å²) in [6.07, 6.45) is 0.994. The number of hydrogen-bond acceptors (Lipinski definition) is 3. The van der Waals surface area contributed by atoms with Crippen molar-refractivity contribution in [3.63, 3.8) is 0 Å². The van der Waals surface area contributed by atoms with Crippen LogP contribution in [-0.4, -0.2) is 36.4 Å². The van der Waals surface area contributed by atoms with E-state index in [9.17, 15) is 9.90 Å². The Balaban J connectivity index is 1.80. The van der Waals surface area contributed by atoms with Crippen LogP contribution < -0.4 is 5.32 Å². The lowest BCUT2D eigenvalue weighted by Crippen LogP contribution is -2.43. The van der Waals surface area contributed by atoms with Gasteiger partial charge in [-0.1, -0.05) is 35.0 Å². The first-order chi connectivity index (χ1) is 9.48. The SMILES string of the molecule is CC(CC(=O)NCC1(O)CCOC1)c1ccc(Br)cc1. The molecule has 5 heteroatoms. The van der Waals surface area contributed by atoms with Crippen molar-refractivity contribution in [2.45, 2.75) is 31.3 Å². The minimum absolute atomic E-state index is 0.0410. The number of amides is 1. The van der Waals surface area contributed by atoms with Crippen LogP contribution in [0.4, 0.5) is 0 Å². The van der Waals surface area contributed by atoms with Crippen molar-refractivity contribution < 1.29 is 14.6 Å². The Morgan fingerprint density at radius 1 is 1.50 bits per heavy atom. The van der Waals surface area contributed by atoms with Crippen molar-refractivity contribution in [1.29, 1.82) is 0 Å². The van der Waals surface area contributed by atoms with E-state index in [1.165, 1.54) is 0 Å². The van der Waals surface area contributed by atoms with Crippen molar-refractivity contribution in [3.8, 4) is 0 Å². The fourth-order valence-corrected chi connectivity index (χ4v) is 2.52. The first-order valence-electron chi connectivity index (χ1n) is 6.81. The van der Waals surface area contributed by atoms with Gasteiger partial charge in [-0.05, 0) is 23.6 Å². The smallest absolute Gasteiger partial charge is 0.220 e. The van der Waals surface area contributed by atoms with Gasteiger partial charge >= 0.3 is 0 Å². The quantitative estimate of drug-likeness (QED) is 0.863. The number of ether oxygens (including phenoxy) is 1. The van der Waals surface area contributed by atoms with Crippen molar-refractivity contribution >= 4 is 21.8 Å². The molecule has 2 atom stereocenters. The zero-order chi connectivity index (χ0) is 14.6. The Hall–Kier alpha value is -0.910. The highest BCUT2D eigenvalue weighted by atomic mass is 79.9. The van der Waals surface area contributed by atoms with E-state index in [1.807, 2.05) is 31.2 Å². The number of hydrogen-bond donors (Lipinski definition) is 2. The molecule has 0 saturated carbocycles. The molecule has 1 aliphatic heterocycles. The van der Waals surface area contributed by atoms with Gasteiger partial charge < -0.3 is 15.2 Å². The molecule has 1 amide bonds. The number of aliphatic hydroxyl groups is 1. The topological polar surface area (TPSA) is 58.6 Å². The molecule has 2 rings (SSSR count). The summed E-state index contributed by atoms with van der Waals surface area (Å²) < 4.78 is 6.18. The van der Waals surface area contributed by atoms with Crippen LogP contribution in [0.15, 0.2) is 28.7 Å². The normalized spacial score (nSPS) is 23.6. The van der Waals surface area contributed by atoms with Crippen molar-refractivity contribution in [2.75, 3.05) is 19.8 Å². The summed E-state index contributed by atoms with van der Waals surface area (Å²) in [6, 6.07) is 7.98. The summed E-state index contributed by atoms with van der Waals surface area (Å²) in [4.78, 5) is 11.9. The number of rotatable bonds is 5. The molecule has 110 valence electrons. The van der Waals surface area contributed by atoms with Crippen LogP contribution in [0, 0.1) is 0 Å². The molecule has 2 unspecified atom stereocenters. The van der Waals surface area contributed by atoms with E-state index in [0.29, 0.717) is 26.1 Å². The molecule has 0 bridgehead atoms. The molecular formula is C15H20BrNO3. The number of nitrogens with one attached hydrogen (secondary N) is 1. The summed E-state index contributed by atoms with van der Waals surface area (Å²) in [6.45, 7) is 3.15. The molecule has 0 spiro atoms. The van der Waals surface area contributed by atoms with Crippen LogP contribution in [0.2, 0.25) is 0 Å². The first-order valence-corrected chi connectivity index (χ1v) is 7.60. The second-order valence-corrected chi connectivity index (χ2v) is 6.38. The van der Waals surface area contributed by atoms with Gasteiger partial charge in [0.25, 0.3) is 0 Å². The van der Waals surface area contributed by atoms with Crippen molar-refractivity contribution in [2.24, 2.45) is 0 Å². The third-order valence-electron chi connectivity index (χ3n) is 3.63. The van der Waals surface area contributed by atoms with Gasteiger partial charge in [-0.3, -0.25) is 4.79 Å². The van der Waals surface area contributed by atoms with E-state index < -0.39 is 5.60 Å². The Kier molecular flexibility index (Phi) is 5.18. The van der Waals surface area contributed by atoms with Gasteiger partial charge in [0.15, 0.2) is 0 Å². The molecule has 0 aliphatic carbocycles. The summed E-state index contributed by atoms with van der Waals surface area (Å²) >= 11 is 3.39. The average molecular weight is 342 g/mol. The monoisotopic (exact) mass is 341 g/mol. The Labute approximate surface area is 127 Å². The zero-order valence-corrected chi connectivity index (χ0v) is 13.1. The maximum atomic E-state index is 11.9. The van der Waals surface area contributed by atoms with Gasteiger partial charge in [0.2, 0.25) is 5.91 Å². The minimum Gasteiger partial charge on any atom is -0.386 e. The second-order valence-electron chi connectivity index (χ2n) is 5.46. The zero-order valence-electron chi connectivity index (χ0n) is 11.6. The Morgan fingerprint density at radius 2 is 2.20 bits per heavy atom. The Bertz CT molecular complexity index is 455. The van der Waals surface area contributed by atoms with Crippen LogP contribution in [0.25, 0.3) is 0 Å². The van der Waals surface area contributed by atoms with Crippen LogP contribution in [0.1, 0.15) is 31.2 Å². The maximum Gasteiger partial charge on any atom is 0.220 e. The van der Waals surface area contributed by atoms with Crippen LogP contribution in [0.5, 0.6) is 0 Å². The molecule has 1 fully saturated rings. The lowest BCUT2D eigenvalue weighted by Gasteiger charge is -2.21. The standard InChI is InChI=1S/C15H20BrNO3/c1-11(12-2-4-13(16)5-3-12)8-14(18)17-9-15(19)6-7-20-10-15/h2-5,11,19H,6-10H2,1H3,(H,17,18). The first kappa shape index (κ1) is 15.5. The predicted molar refractivity (Wildman–Crippen MR) is 80.6 cm³/mol. The number of carbonyl (C=O) groups excluding carboxylic acids is 1. The number of halogens is 1. The van der Waals surface area contributed by atoms with E-state index in [0.717, 1.165) is 10.0 Å². The largest absolute Gasteiger partial charge is 0.386 e. The van der Waals surface area contributed by atoms with E-state index in [2.05, 4.69) is 21.2 Å². The van der Waals surface area contributed by atoms with Crippen LogP contribution >= 0.6 is 15.9 Å². The molecular weight excluding hydrogens is 322 g/mol. The highest BCUT2D eigenvalue weighted by molar-refractivity contribution is 9.10. The van der Waals surface area contributed by atoms with Gasteiger partial charge in [-0.15, -0.1) is 0 Å². The fraction of sp³-hybridized carbons (Fsp3) is 0.533. The predicted octanol–water partition coefficient (Wildman–Crippen LogP) is 2.21. The molecule has 2 N–H and O–H groups in total. The molecule has 20 heavy (non-hydrogen) atoms. The minimum atomic E-state index is -0.892. The van der Waals surface area contributed by atoms with Gasteiger partial charge in [0, 0.05) is 30.5 Å². The van der Waals surface area contributed by atoms with Crippen LogP contribution in [0.3, 0.4) is 0 Å². The van der Waals surface area contributed by atoms with Gasteiger partial charge in [-0.2, -0.15) is 0 Å². The van der Waals surface area contributed by atoms with E-state index in [-0.39, 0.29) is 18.4 Å². The second kappa shape index (κ2) is 6.70. The molecule has 1 aromatic rings. The highest BCUT2D eigenvalue weighted by Crippen LogP contribution is 2.21. The molecule has 1 saturated heterocycles. The molecule has 0 radical (unpaired) electrons. The highest BCUT2D eigenvalue weighted by Gasteiger charge is 2.32. The van der Waals surface area contributed by atoms with E-state index in [1.54, 1.807) is 0 Å². The summed E-state index contributed by atoms with van der Waals surface area (Å²) in [5.41, 5.74) is 0.238. The summed E-state index contributed by atoms with van der Waals surface area (Å²) in [7, 11) is 0. The lowest BCUT2D eigenvalue weighted by atomic mass is 9.97. The molecule has 1 aliphatic rings. The van der Waals surface area contributed by atoms with Crippen molar-refractivity contribution in [3.05, 3.63) is 34.3 Å². The molecule has 4 nitrogen and oxygen atoms in total. The lowest BCUT2D eigenvalue weighted by molar-refractivity contribution is -0.122. The van der Waals surface area contributed by atoms with Gasteiger partial charge in [0.1, 0.15) is 5.60 Å². The van der Waals surface area contributed by atoms with E-state index in [4.69, 9.17) is 4.74 Å². The van der Waals surface area contributed by atoms with Crippen molar-refractivity contribution in [1.82, 2.24) is 5.32 Å². The average Bonchev–Trinajstić information content (AvgIpc) is 2.85. The maximum absolute atomic E-state index is 11.9. The molecule has 0 aromatic heterocycles.